The summed E-state index contributed by atoms with van der Waals surface area (Å²) in [5.74, 6) is 0.440. The summed E-state index contributed by atoms with van der Waals surface area (Å²) in [5.41, 5.74) is 0.548. The number of rotatable bonds is 3. The summed E-state index contributed by atoms with van der Waals surface area (Å²) < 4.78 is 10.8. The Bertz CT molecular complexity index is 358. The molecule has 5 heteroatoms. The van der Waals surface area contributed by atoms with Crippen LogP contribution in [0.2, 0.25) is 0 Å². The molecule has 1 aromatic rings. The van der Waals surface area contributed by atoms with E-state index in [-0.39, 0.29) is 5.91 Å². The van der Waals surface area contributed by atoms with Gasteiger partial charge in [0.2, 0.25) is 0 Å². The van der Waals surface area contributed by atoms with E-state index in [1.165, 1.54) is 6.26 Å². The number of furan rings is 1. The van der Waals surface area contributed by atoms with Crippen molar-refractivity contribution in [1.82, 2.24) is 5.32 Å². The Morgan fingerprint density at radius 3 is 2.88 bits per heavy atom. The Hall–Kier alpha value is -0.810. The number of carbonyl (C=O) groups excluding carboxylic acids is 1. The zero-order chi connectivity index (χ0) is 11.4. The van der Waals surface area contributed by atoms with Crippen LogP contribution in [0.4, 0.5) is 0 Å². The smallest absolute Gasteiger partial charge is 0.255 e. The molecule has 2 rings (SSSR count). The van der Waals surface area contributed by atoms with E-state index in [1.54, 1.807) is 6.07 Å². The lowest BCUT2D eigenvalue weighted by molar-refractivity contribution is 0.0642. The molecular formula is C11H14BrNO3. The van der Waals surface area contributed by atoms with Crippen LogP contribution in [0.25, 0.3) is 0 Å². The van der Waals surface area contributed by atoms with Gasteiger partial charge in [0.05, 0.1) is 11.8 Å². The summed E-state index contributed by atoms with van der Waals surface area (Å²) in [6.45, 7) is 2.31. The van der Waals surface area contributed by atoms with Gasteiger partial charge in [-0.25, -0.2) is 0 Å². The minimum absolute atomic E-state index is 0.0906. The molecular weight excluding hydrogens is 274 g/mol. The van der Waals surface area contributed by atoms with E-state index in [4.69, 9.17) is 9.15 Å². The standard InChI is InChI=1S/C11H14BrNO3/c12-10-9(3-6-16-10)11(14)13-7-8-1-4-15-5-2-8/h3,6,8H,1-2,4-5,7H2,(H,13,14). The number of ether oxygens (including phenoxy) is 1. The minimum atomic E-state index is -0.0906. The summed E-state index contributed by atoms with van der Waals surface area (Å²) in [6.07, 6.45) is 3.53. The fourth-order valence-corrected chi connectivity index (χ4v) is 2.16. The topological polar surface area (TPSA) is 51.5 Å². The molecule has 4 nitrogen and oxygen atoms in total. The van der Waals surface area contributed by atoms with E-state index in [9.17, 15) is 4.79 Å². The van der Waals surface area contributed by atoms with Crippen molar-refractivity contribution in [3.8, 4) is 0 Å². The highest BCUT2D eigenvalue weighted by atomic mass is 79.9. The number of nitrogens with one attached hydrogen (secondary N) is 1. The molecule has 0 saturated carbocycles. The average Bonchev–Trinajstić information content (AvgIpc) is 2.74. The molecule has 1 aliphatic rings. The second-order valence-corrected chi connectivity index (χ2v) is 4.59. The van der Waals surface area contributed by atoms with Crippen molar-refractivity contribution >= 4 is 21.8 Å². The number of hydrogen-bond donors (Lipinski definition) is 1. The molecule has 0 unspecified atom stereocenters. The minimum Gasteiger partial charge on any atom is -0.457 e. The monoisotopic (exact) mass is 287 g/mol. The highest BCUT2D eigenvalue weighted by molar-refractivity contribution is 9.10. The summed E-state index contributed by atoms with van der Waals surface area (Å²) in [4.78, 5) is 11.7. The number of amides is 1. The summed E-state index contributed by atoms with van der Waals surface area (Å²) in [7, 11) is 0. The second-order valence-electron chi connectivity index (χ2n) is 3.87. The maximum atomic E-state index is 11.7. The summed E-state index contributed by atoms with van der Waals surface area (Å²) in [6, 6.07) is 1.66. The van der Waals surface area contributed by atoms with Crippen LogP contribution in [-0.2, 0) is 4.74 Å². The van der Waals surface area contributed by atoms with Gasteiger partial charge in [0.25, 0.3) is 5.91 Å². The molecule has 2 heterocycles. The normalized spacial score (nSPS) is 17.3. The van der Waals surface area contributed by atoms with Gasteiger partial charge in [0, 0.05) is 19.8 Å². The first-order chi connectivity index (χ1) is 7.77. The Labute approximate surface area is 102 Å². The van der Waals surface area contributed by atoms with Crippen molar-refractivity contribution in [2.24, 2.45) is 5.92 Å². The van der Waals surface area contributed by atoms with Crippen molar-refractivity contribution in [3.05, 3.63) is 22.6 Å². The van der Waals surface area contributed by atoms with Gasteiger partial charge in [0.15, 0.2) is 4.67 Å². The lowest BCUT2D eigenvalue weighted by atomic mass is 10.0. The Morgan fingerprint density at radius 2 is 2.25 bits per heavy atom. The van der Waals surface area contributed by atoms with Crippen molar-refractivity contribution in [2.45, 2.75) is 12.8 Å². The Balaban J connectivity index is 1.81. The van der Waals surface area contributed by atoms with Crippen LogP contribution >= 0.6 is 15.9 Å². The second kappa shape index (κ2) is 5.50. The van der Waals surface area contributed by atoms with E-state index in [0.29, 0.717) is 22.7 Å². The van der Waals surface area contributed by atoms with Gasteiger partial charge >= 0.3 is 0 Å². The van der Waals surface area contributed by atoms with Crippen LogP contribution in [0, 0.1) is 5.92 Å². The molecule has 0 aliphatic carbocycles. The van der Waals surface area contributed by atoms with Gasteiger partial charge in [-0.1, -0.05) is 0 Å². The first-order valence-corrected chi connectivity index (χ1v) is 6.15. The fourth-order valence-electron chi connectivity index (χ4n) is 1.74. The highest BCUT2D eigenvalue weighted by Gasteiger charge is 2.17. The average molecular weight is 288 g/mol. The summed E-state index contributed by atoms with van der Waals surface area (Å²) in [5, 5.41) is 2.91. The molecule has 0 radical (unpaired) electrons. The van der Waals surface area contributed by atoms with Crippen LogP contribution in [0.5, 0.6) is 0 Å². The van der Waals surface area contributed by atoms with E-state index < -0.39 is 0 Å². The molecule has 88 valence electrons. The van der Waals surface area contributed by atoms with Crippen LogP contribution in [0.3, 0.4) is 0 Å². The van der Waals surface area contributed by atoms with Crippen molar-refractivity contribution in [3.63, 3.8) is 0 Å². The number of halogens is 1. The molecule has 1 amide bonds. The SMILES string of the molecule is O=C(NCC1CCOCC1)c1ccoc1Br. The lowest BCUT2D eigenvalue weighted by Gasteiger charge is -2.21. The van der Waals surface area contributed by atoms with Crippen LogP contribution in [0.1, 0.15) is 23.2 Å². The Morgan fingerprint density at radius 1 is 1.50 bits per heavy atom. The predicted molar refractivity (Wildman–Crippen MR) is 62.3 cm³/mol. The molecule has 1 aliphatic heterocycles. The molecule has 0 aromatic carbocycles. The molecule has 1 fully saturated rings. The first kappa shape index (κ1) is 11.7. The molecule has 1 saturated heterocycles. The molecule has 0 spiro atoms. The van der Waals surface area contributed by atoms with Gasteiger partial charge in [-0.05, 0) is 40.8 Å². The van der Waals surface area contributed by atoms with Gasteiger partial charge in [-0.15, -0.1) is 0 Å². The van der Waals surface area contributed by atoms with Crippen molar-refractivity contribution in [1.29, 1.82) is 0 Å². The van der Waals surface area contributed by atoms with Crippen LogP contribution in [0.15, 0.2) is 21.4 Å². The zero-order valence-corrected chi connectivity index (χ0v) is 10.5. The molecule has 0 atom stereocenters. The van der Waals surface area contributed by atoms with Gasteiger partial charge in [-0.2, -0.15) is 0 Å². The maximum Gasteiger partial charge on any atom is 0.255 e. The highest BCUT2D eigenvalue weighted by Crippen LogP contribution is 2.18. The molecule has 1 aromatic heterocycles. The molecule has 0 bridgehead atoms. The quantitative estimate of drug-likeness (QED) is 0.927. The largest absolute Gasteiger partial charge is 0.457 e. The summed E-state index contributed by atoms with van der Waals surface area (Å²) >= 11 is 3.19. The zero-order valence-electron chi connectivity index (χ0n) is 8.87. The third kappa shape index (κ3) is 2.86. The molecule has 1 N–H and O–H groups in total. The first-order valence-electron chi connectivity index (χ1n) is 5.36. The van der Waals surface area contributed by atoms with E-state index >= 15 is 0 Å². The Kier molecular flexibility index (Phi) is 4.01. The third-order valence-electron chi connectivity index (χ3n) is 2.75. The fraction of sp³-hybridized carbons (Fsp3) is 0.545. The van der Waals surface area contributed by atoms with E-state index in [1.807, 2.05) is 0 Å². The van der Waals surface area contributed by atoms with Gasteiger partial charge in [-0.3, -0.25) is 4.79 Å². The van der Waals surface area contributed by atoms with E-state index in [0.717, 1.165) is 26.1 Å². The maximum absolute atomic E-state index is 11.7. The van der Waals surface area contributed by atoms with Crippen LogP contribution in [-0.4, -0.2) is 25.7 Å². The lowest BCUT2D eigenvalue weighted by Crippen LogP contribution is -2.32. The third-order valence-corrected chi connectivity index (χ3v) is 3.37. The van der Waals surface area contributed by atoms with Crippen molar-refractivity contribution in [2.75, 3.05) is 19.8 Å². The van der Waals surface area contributed by atoms with Gasteiger partial charge in [0.1, 0.15) is 0 Å². The van der Waals surface area contributed by atoms with Crippen molar-refractivity contribution < 1.29 is 13.9 Å². The number of hydrogen-bond acceptors (Lipinski definition) is 3. The molecule has 16 heavy (non-hydrogen) atoms. The van der Waals surface area contributed by atoms with Gasteiger partial charge < -0.3 is 14.5 Å². The predicted octanol–water partition coefficient (Wildman–Crippen LogP) is 2.20. The number of carbonyl (C=O) groups is 1. The van der Waals surface area contributed by atoms with Crippen LogP contribution < -0.4 is 5.32 Å². The van der Waals surface area contributed by atoms with E-state index in [2.05, 4.69) is 21.2 Å².